The zero-order valence-corrected chi connectivity index (χ0v) is 18.0. The highest BCUT2D eigenvalue weighted by Crippen LogP contribution is 2.41. The Labute approximate surface area is 181 Å². The standard InChI is InChI=1S/C26H30F4O/c1-2-3-17-4-6-18(7-5-17)20-8-9-21-15-24(25(27)16-22(21)14-20)19-10-12-23(13-11-19)31-26(28,29)30/h10-13,15-18,20H,2-9,14H2,1H3. The topological polar surface area (TPSA) is 9.23 Å². The molecule has 4 rings (SSSR count). The minimum absolute atomic E-state index is 0.300. The van der Waals surface area contributed by atoms with Gasteiger partial charge in [0, 0.05) is 5.56 Å². The lowest BCUT2D eigenvalue weighted by Crippen LogP contribution is -2.26. The van der Waals surface area contributed by atoms with Crippen LogP contribution < -0.4 is 4.74 Å². The van der Waals surface area contributed by atoms with Crippen LogP contribution in [0, 0.1) is 23.6 Å². The Morgan fingerprint density at radius 1 is 0.903 bits per heavy atom. The maximum atomic E-state index is 14.9. The van der Waals surface area contributed by atoms with Gasteiger partial charge in [0.1, 0.15) is 11.6 Å². The quantitative estimate of drug-likeness (QED) is 0.432. The molecule has 1 nitrogen and oxygen atoms in total. The molecule has 2 aromatic carbocycles. The molecule has 0 aliphatic heterocycles. The van der Waals surface area contributed by atoms with Gasteiger partial charge in [-0.3, -0.25) is 0 Å². The van der Waals surface area contributed by atoms with Crippen LogP contribution in [-0.4, -0.2) is 6.36 Å². The van der Waals surface area contributed by atoms with Gasteiger partial charge in [-0.1, -0.05) is 44.7 Å². The number of aryl methyl sites for hydroxylation is 1. The van der Waals surface area contributed by atoms with Crippen LogP contribution in [0.2, 0.25) is 0 Å². The largest absolute Gasteiger partial charge is 0.573 e. The molecular formula is C26H30F4O. The zero-order chi connectivity index (χ0) is 22.0. The molecule has 0 heterocycles. The second kappa shape index (κ2) is 9.22. The Morgan fingerprint density at radius 3 is 2.26 bits per heavy atom. The number of ether oxygens (including phenoxy) is 1. The Bertz CT molecular complexity index is 880. The normalized spacial score (nSPS) is 24.0. The molecule has 1 atom stereocenters. The summed E-state index contributed by atoms with van der Waals surface area (Å²) in [5.74, 6) is 1.68. The van der Waals surface area contributed by atoms with E-state index in [9.17, 15) is 17.6 Å². The van der Waals surface area contributed by atoms with Crippen molar-refractivity contribution in [3.8, 4) is 16.9 Å². The number of hydrogen-bond acceptors (Lipinski definition) is 1. The minimum atomic E-state index is -4.73. The first-order chi connectivity index (χ1) is 14.8. The summed E-state index contributed by atoms with van der Waals surface area (Å²) in [4.78, 5) is 0. The first-order valence-electron chi connectivity index (χ1n) is 11.5. The molecule has 2 aromatic rings. The second-order valence-corrected chi connectivity index (χ2v) is 9.25. The molecule has 1 fully saturated rings. The van der Waals surface area contributed by atoms with Crippen molar-refractivity contribution in [3.63, 3.8) is 0 Å². The monoisotopic (exact) mass is 434 g/mol. The fourth-order valence-electron chi connectivity index (χ4n) is 5.62. The van der Waals surface area contributed by atoms with Crippen LogP contribution in [0.15, 0.2) is 36.4 Å². The van der Waals surface area contributed by atoms with Crippen LogP contribution in [0.4, 0.5) is 17.6 Å². The van der Waals surface area contributed by atoms with Crippen LogP contribution in [0.3, 0.4) is 0 Å². The molecule has 31 heavy (non-hydrogen) atoms. The van der Waals surface area contributed by atoms with Crippen molar-refractivity contribution < 1.29 is 22.3 Å². The van der Waals surface area contributed by atoms with Crippen molar-refractivity contribution in [3.05, 3.63) is 53.3 Å². The zero-order valence-electron chi connectivity index (χ0n) is 18.0. The van der Waals surface area contributed by atoms with Gasteiger partial charge in [-0.05, 0) is 90.8 Å². The van der Waals surface area contributed by atoms with Gasteiger partial charge in [0.15, 0.2) is 0 Å². The van der Waals surface area contributed by atoms with E-state index in [-0.39, 0.29) is 11.6 Å². The molecule has 0 amide bonds. The van der Waals surface area contributed by atoms with Gasteiger partial charge < -0.3 is 4.74 Å². The predicted molar refractivity (Wildman–Crippen MR) is 114 cm³/mol. The van der Waals surface area contributed by atoms with Crippen molar-refractivity contribution in [1.29, 1.82) is 0 Å². The average Bonchev–Trinajstić information content (AvgIpc) is 2.73. The van der Waals surface area contributed by atoms with Crippen molar-refractivity contribution >= 4 is 0 Å². The van der Waals surface area contributed by atoms with E-state index < -0.39 is 6.36 Å². The number of halogens is 4. The first kappa shape index (κ1) is 22.2. The molecule has 5 heteroatoms. The van der Waals surface area contributed by atoms with E-state index in [4.69, 9.17) is 0 Å². The Kier molecular flexibility index (Phi) is 6.59. The maximum Gasteiger partial charge on any atom is 0.573 e. The van der Waals surface area contributed by atoms with Crippen LogP contribution in [0.5, 0.6) is 5.75 Å². The SMILES string of the molecule is CCCC1CCC(C2CCc3cc(-c4ccc(OC(F)(F)F)cc4)c(F)cc3C2)CC1. The Hall–Kier alpha value is -2.04. The van der Waals surface area contributed by atoms with Gasteiger partial charge in [-0.25, -0.2) is 4.39 Å². The van der Waals surface area contributed by atoms with E-state index in [0.29, 0.717) is 17.0 Å². The molecule has 168 valence electrons. The van der Waals surface area contributed by atoms with E-state index in [1.54, 1.807) is 6.07 Å². The molecule has 0 radical (unpaired) electrons. The van der Waals surface area contributed by atoms with E-state index in [1.165, 1.54) is 68.4 Å². The van der Waals surface area contributed by atoms with Crippen molar-refractivity contribution in [2.75, 3.05) is 0 Å². The summed E-state index contributed by atoms with van der Waals surface area (Å²) in [5.41, 5.74) is 3.27. The highest BCUT2D eigenvalue weighted by Gasteiger charge is 2.32. The summed E-state index contributed by atoms with van der Waals surface area (Å²) in [6, 6.07) is 8.95. The molecule has 0 saturated heterocycles. The summed E-state index contributed by atoms with van der Waals surface area (Å²) in [6.07, 6.45) is 6.18. The third-order valence-electron chi connectivity index (χ3n) is 7.21. The van der Waals surface area contributed by atoms with Crippen LogP contribution in [0.1, 0.15) is 63.0 Å². The first-order valence-corrected chi connectivity index (χ1v) is 11.5. The van der Waals surface area contributed by atoms with Gasteiger partial charge >= 0.3 is 6.36 Å². The van der Waals surface area contributed by atoms with Crippen molar-refractivity contribution in [1.82, 2.24) is 0 Å². The van der Waals surface area contributed by atoms with Gasteiger partial charge in [-0.15, -0.1) is 13.2 Å². The summed E-state index contributed by atoms with van der Waals surface area (Å²) in [6.45, 7) is 2.26. The van der Waals surface area contributed by atoms with E-state index >= 15 is 0 Å². The smallest absolute Gasteiger partial charge is 0.406 e. The van der Waals surface area contributed by atoms with Gasteiger partial charge in [0.05, 0.1) is 0 Å². The number of rotatable bonds is 5. The van der Waals surface area contributed by atoms with E-state index in [0.717, 1.165) is 36.7 Å². The van der Waals surface area contributed by atoms with Crippen LogP contribution in [0.25, 0.3) is 11.1 Å². The molecular weight excluding hydrogens is 404 g/mol. The number of hydrogen-bond donors (Lipinski definition) is 0. The fourth-order valence-corrected chi connectivity index (χ4v) is 5.62. The number of alkyl halides is 3. The third-order valence-corrected chi connectivity index (χ3v) is 7.21. The van der Waals surface area contributed by atoms with Crippen LogP contribution in [-0.2, 0) is 12.8 Å². The van der Waals surface area contributed by atoms with Crippen molar-refractivity contribution in [2.24, 2.45) is 17.8 Å². The van der Waals surface area contributed by atoms with Gasteiger partial charge in [0.25, 0.3) is 0 Å². The van der Waals surface area contributed by atoms with E-state index in [1.807, 2.05) is 6.07 Å². The molecule has 1 saturated carbocycles. The second-order valence-electron chi connectivity index (χ2n) is 9.25. The summed E-state index contributed by atoms with van der Waals surface area (Å²) < 4.78 is 55.9. The molecule has 2 aliphatic carbocycles. The molecule has 2 aliphatic rings. The molecule has 0 N–H and O–H groups in total. The molecule has 0 aromatic heterocycles. The molecule has 0 bridgehead atoms. The average molecular weight is 435 g/mol. The predicted octanol–water partition coefficient (Wildman–Crippen LogP) is 8.10. The van der Waals surface area contributed by atoms with Crippen LogP contribution >= 0.6 is 0 Å². The lowest BCUT2D eigenvalue weighted by atomic mass is 9.69. The lowest BCUT2D eigenvalue weighted by Gasteiger charge is -2.36. The minimum Gasteiger partial charge on any atom is -0.406 e. The Morgan fingerprint density at radius 2 is 1.61 bits per heavy atom. The summed E-state index contributed by atoms with van der Waals surface area (Å²) in [7, 11) is 0. The van der Waals surface area contributed by atoms with Gasteiger partial charge in [0.2, 0.25) is 0 Å². The Balaban J connectivity index is 1.45. The van der Waals surface area contributed by atoms with Gasteiger partial charge in [-0.2, -0.15) is 0 Å². The summed E-state index contributed by atoms with van der Waals surface area (Å²) >= 11 is 0. The van der Waals surface area contributed by atoms with Crippen molar-refractivity contribution in [2.45, 2.75) is 71.1 Å². The summed E-state index contributed by atoms with van der Waals surface area (Å²) in [5, 5.41) is 0. The number of benzene rings is 2. The highest BCUT2D eigenvalue weighted by molar-refractivity contribution is 5.66. The lowest BCUT2D eigenvalue weighted by molar-refractivity contribution is -0.274. The molecule has 1 unspecified atom stereocenters. The van der Waals surface area contributed by atoms with E-state index in [2.05, 4.69) is 11.7 Å². The maximum absolute atomic E-state index is 14.9. The fraction of sp³-hybridized carbons (Fsp3) is 0.538. The third kappa shape index (κ3) is 5.42. The molecule has 0 spiro atoms. The number of fused-ring (bicyclic) bond motifs is 1. The highest BCUT2D eigenvalue weighted by atomic mass is 19.4.